The van der Waals surface area contributed by atoms with E-state index in [-0.39, 0.29) is 25.5 Å². The van der Waals surface area contributed by atoms with Crippen molar-refractivity contribution in [3.63, 3.8) is 0 Å². The van der Waals surface area contributed by atoms with Gasteiger partial charge >= 0.3 is 0 Å². The zero-order valence-corrected chi connectivity index (χ0v) is 17.7. The molecular formula is C23H23BrN4O3. The summed E-state index contributed by atoms with van der Waals surface area (Å²) in [5, 5.41) is 10.4. The van der Waals surface area contributed by atoms with Crippen molar-refractivity contribution in [1.82, 2.24) is 4.98 Å². The molecular weight excluding hydrogens is 460 g/mol. The van der Waals surface area contributed by atoms with Gasteiger partial charge < -0.3 is 10.7 Å². The number of nitrogens with zero attached hydrogens (tertiary/aromatic N) is 1. The van der Waals surface area contributed by atoms with E-state index >= 15 is 0 Å². The monoisotopic (exact) mass is 482 g/mol. The summed E-state index contributed by atoms with van der Waals surface area (Å²) in [6, 6.07) is 17.5. The van der Waals surface area contributed by atoms with Crippen LogP contribution in [-0.4, -0.2) is 22.4 Å². The van der Waals surface area contributed by atoms with E-state index in [0.717, 1.165) is 10.0 Å². The van der Waals surface area contributed by atoms with Crippen molar-refractivity contribution >= 4 is 39.1 Å². The Kier molecular flexibility index (Phi) is 10.1. The number of nitrogens with one attached hydrogen (secondary N) is 3. The van der Waals surface area contributed by atoms with Crippen LogP contribution < -0.4 is 5.32 Å². The Labute approximate surface area is 189 Å². The second kappa shape index (κ2) is 12.2. The SMILES string of the molecule is C.CC(=N)c1ccc(C(=O)Cc2ccccc2C(=O)Nc2ccc(Br)cn2)cc1.N=O. The van der Waals surface area contributed by atoms with Gasteiger partial charge in [0, 0.05) is 33.9 Å². The number of hydrogen-bond acceptors (Lipinski definition) is 6. The minimum Gasteiger partial charge on any atom is -0.307 e. The summed E-state index contributed by atoms with van der Waals surface area (Å²) < 4.78 is 0.820. The highest BCUT2D eigenvalue weighted by atomic mass is 79.9. The molecule has 0 aliphatic rings. The molecule has 2 aromatic carbocycles. The van der Waals surface area contributed by atoms with Crippen molar-refractivity contribution < 1.29 is 9.59 Å². The van der Waals surface area contributed by atoms with Crippen molar-refractivity contribution in [2.45, 2.75) is 20.8 Å². The van der Waals surface area contributed by atoms with Gasteiger partial charge in [0.25, 0.3) is 5.91 Å². The molecule has 8 heteroatoms. The predicted molar refractivity (Wildman–Crippen MR) is 126 cm³/mol. The summed E-state index contributed by atoms with van der Waals surface area (Å²) in [7, 11) is 0. The molecule has 0 spiro atoms. The highest BCUT2D eigenvalue weighted by Crippen LogP contribution is 2.16. The fraction of sp³-hybridized carbons (Fsp3) is 0.130. The lowest BCUT2D eigenvalue weighted by molar-refractivity contribution is 0.0992. The highest BCUT2D eigenvalue weighted by Gasteiger charge is 2.15. The molecule has 3 rings (SSSR count). The average Bonchev–Trinajstić information content (AvgIpc) is 2.77. The van der Waals surface area contributed by atoms with Gasteiger partial charge in [-0.1, -0.05) is 55.5 Å². The smallest absolute Gasteiger partial charge is 0.257 e. The van der Waals surface area contributed by atoms with E-state index in [1.165, 1.54) is 0 Å². The molecule has 0 saturated heterocycles. The number of ketones is 1. The number of carbonyl (C=O) groups is 2. The van der Waals surface area contributed by atoms with Gasteiger partial charge in [0.1, 0.15) is 5.82 Å². The summed E-state index contributed by atoms with van der Waals surface area (Å²) >= 11 is 3.31. The molecule has 1 amide bonds. The Morgan fingerprint density at radius 1 is 0.968 bits per heavy atom. The molecule has 0 aliphatic carbocycles. The normalized spacial score (nSPS) is 9.48. The van der Waals surface area contributed by atoms with E-state index in [1.807, 2.05) is 0 Å². The zero-order chi connectivity index (χ0) is 22.1. The fourth-order valence-corrected chi connectivity index (χ4v) is 2.95. The Morgan fingerprint density at radius 3 is 2.16 bits per heavy atom. The van der Waals surface area contributed by atoms with E-state index < -0.39 is 0 Å². The van der Waals surface area contributed by atoms with Crippen LogP contribution in [0.15, 0.2) is 71.3 Å². The third-order valence-corrected chi connectivity index (χ3v) is 4.69. The van der Waals surface area contributed by atoms with Crippen LogP contribution in [-0.2, 0) is 6.42 Å². The third kappa shape index (κ3) is 7.04. The van der Waals surface area contributed by atoms with Crippen LogP contribution in [0, 0.1) is 15.9 Å². The van der Waals surface area contributed by atoms with Gasteiger partial charge in [0.05, 0.1) is 0 Å². The highest BCUT2D eigenvalue weighted by molar-refractivity contribution is 9.10. The Hall–Kier alpha value is -3.52. The van der Waals surface area contributed by atoms with Crippen LogP contribution in [0.25, 0.3) is 0 Å². The first-order valence-electron chi connectivity index (χ1n) is 8.84. The molecule has 0 bridgehead atoms. The number of hydrogen-bond donors (Lipinski definition) is 3. The van der Waals surface area contributed by atoms with Gasteiger partial charge in [0.15, 0.2) is 5.78 Å². The van der Waals surface area contributed by atoms with Crippen LogP contribution in [0.5, 0.6) is 0 Å². The van der Waals surface area contributed by atoms with Crippen LogP contribution in [0.4, 0.5) is 5.82 Å². The number of aromatic nitrogens is 1. The molecule has 1 heterocycles. The zero-order valence-electron chi connectivity index (χ0n) is 16.1. The van der Waals surface area contributed by atoms with Gasteiger partial charge in [-0.05, 0) is 52.2 Å². The van der Waals surface area contributed by atoms with Gasteiger partial charge in [-0.3, -0.25) is 9.59 Å². The standard InChI is InChI=1S/C22H18BrN3O2.CH4.HNO/c1-14(24)15-6-8-16(9-7-15)20(27)12-17-4-2-3-5-19(17)22(28)26-21-11-10-18(23)13-25-21;;1-2/h2-11,13,24H,12H2,1H3,(H,25,26,28);1H4;1H. The van der Waals surface area contributed by atoms with Crippen LogP contribution in [0.2, 0.25) is 0 Å². The molecule has 0 atom stereocenters. The third-order valence-electron chi connectivity index (χ3n) is 4.22. The van der Waals surface area contributed by atoms with Crippen molar-refractivity contribution in [2.75, 3.05) is 5.32 Å². The van der Waals surface area contributed by atoms with Crippen molar-refractivity contribution in [3.8, 4) is 0 Å². The Balaban J connectivity index is 0.00000156. The van der Waals surface area contributed by atoms with Gasteiger partial charge in [0.2, 0.25) is 0 Å². The van der Waals surface area contributed by atoms with Crippen LogP contribution >= 0.6 is 15.9 Å². The summed E-state index contributed by atoms with van der Waals surface area (Å²) in [5.41, 5.74) is 7.36. The first kappa shape index (κ1) is 25.5. The largest absolute Gasteiger partial charge is 0.307 e. The molecule has 3 N–H and O–H groups in total. The molecule has 31 heavy (non-hydrogen) atoms. The maximum absolute atomic E-state index is 12.7. The second-order valence-electron chi connectivity index (χ2n) is 6.28. The molecule has 160 valence electrons. The number of carbonyl (C=O) groups excluding carboxylic acids is 2. The molecule has 0 unspecified atom stereocenters. The maximum Gasteiger partial charge on any atom is 0.257 e. The lowest BCUT2D eigenvalue weighted by Gasteiger charge is -2.10. The number of nitroso groups, excluding NO2 is 1. The van der Waals surface area contributed by atoms with E-state index in [4.69, 9.17) is 10.3 Å². The molecule has 1 aromatic heterocycles. The Morgan fingerprint density at radius 2 is 1.58 bits per heavy atom. The number of benzene rings is 2. The van der Waals surface area contributed by atoms with Gasteiger partial charge in [-0.2, -0.15) is 4.91 Å². The Bertz CT molecular complexity index is 1050. The quantitative estimate of drug-likeness (QED) is 0.230. The second-order valence-corrected chi connectivity index (χ2v) is 7.19. The van der Waals surface area contributed by atoms with Gasteiger partial charge in [-0.15, -0.1) is 0 Å². The molecule has 0 aliphatic heterocycles. The van der Waals surface area contributed by atoms with Crippen LogP contribution in [0.1, 0.15) is 46.2 Å². The predicted octanol–water partition coefficient (Wildman–Crippen LogP) is 5.88. The van der Waals surface area contributed by atoms with E-state index in [0.29, 0.717) is 28.2 Å². The molecule has 0 fully saturated rings. The van der Waals surface area contributed by atoms with E-state index in [2.05, 4.69) is 31.8 Å². The first-order chi connectivity index (χ1) is 14.4. The number of anilines is 1. The fourth-order valence-electron chi connectivity index (χ4n) is 2.71. The lowest BCUT2D eigenvalue weighted by atomic mass is 9.97. The maximum atomic E-state index is 12.7. The van der Waals surface area contributed by atoms with Crippen LogP contribution in [0.3, 0.4) is 0 Å². The van der Waals surface area contributed by atoms with Crippen molar-refractivity contribution in [1.29, 1.82) is 11.0 Å². The number of halogens is 1. The number of rotatable bonds is 6. The summed E-state index contributed by atoms with van der Waals surface area (Å²) in [5.74, 6) is 0.0381. The van der Waals surface area contributed by atoms with E-state index in [1.54, 1.807) is 73.8 Å². The van der Waals surface area contributed by atoms with E-state index in [9.17, 15) is 9.59 Å². The average molecular weight is 483 g/mol. The van der Waals surface area contributed by atoms with Gasteiger partial charge in [-0.25, -0.2) is 4.98 Å². The molecule has 3 aromatic rings. The molecule has 0 radical (unpaired) electrons. The molecule has 7 nitrogen and oxygen atoms in total. The van der Waals surface area contributed by atoms with Crippen molar-refractivity contribution in [2.24, 2.45) is 0 Å². The summed E-state index contributed by atoms with van der Waals surface area (Å²) in [6.07, 6.45) is 1.71. The number of Topliss-reactive ketones (excluding diaryl/α,β-unsaturated/α-hetero) is 1. The topological polar surface area (TPSA) is 124 Å². The number of amides is 1. The summed E-state index contributed by atoms with van der Waals surface area (Å²) in [6.45, 7) is 1.70. The first-order valence-corrected chi connectivity index (χ1v) is 9.63. The summed E-state index contributed by atoms with van der Waals surface area (Å²) in [4.78, 5) is 37.0. The minimum absolute atomic E-state index is 0. The lowest BCUT2D eigenvalue weighted by Crippen LogP contribution is -2.16. The molecule has 0 saturated carbocycles. The van der Waals surface area contributed by atoms with Crippen molar-refractivity contribution in [3.05, 3.63) is 98.5 Å². The number of pyridine rings is 1. The minimum atomic E-state index is -0.312.